The van der Waals surface area contributed by atoms with Crippen LogP contribution in [0.2, 0.25) is 0 Å². The van der Waals surface area contributed by atoms with Gasteiger partial charge in [0.1, 0.15) is 13.7 Å². The van der Waals surface area contributed by atoms with Gasteiger partial charge in [0.25, 0.3) is 5.56 Å². The summed E-state index contributed by atoms with van der Waals surface area (Å²) in [5.74, 6) is 1.07. The van der Waals surface area contributed by atoms with Gasteiger partial charge in [-0.2, -0.15) is 5.10 Å². The molecule has 2 N–H and O–H groups in total. The Hall–Kier alpha value is -3.56. The Balaban J connectivity index is 1.60. The van der Waals surface area contributed by atoms with Gasteiger partial charge in [-0.3, -0.25) is 9.78 Å². The predicted molar refractivity (Wildman–Crippen MR) is 97.2 cm³/mol. The number of nitrogens with zero attached hydrogens (tertiary/aromatic N) is 5. The summed E-state index contributed by atoms with van der Waals surface area (Å²) in [5.41, 5.74) is 1.89. The van der Waals surface area contributed by atoms with Crippen molar-refractivity contribution in [2.45, 2.75) is 18.3 Å². The fourth-order valence-electron chi connectivity index (χ4n) is 3.31. The third kappa shape index (κ3) is 2.65. The molecule has 2 atom stereocenters. The molecule has 10 heteroatoms. The van der Waals surface area contributed by atoms with Gasteiger partial charge in [-0.05, 0) is 18.4 Å². The summed E-state index contributed by atoms with van der Waals surface area (Å²) in [6.07, 6.45) is 8.81. The molecule has 1 aliphatic rings. The molecule has 1 aliphatic carbocycles. The van der Waals surface area contributed by atoms with Crippen molar-refractivity contribution in [2.24, 2.45) is 0 Å². The molecule has 9 nitrogen and oxygen atoms in total. The van der Waals surface area contributed by atoms with Gasteiger partial charge in [-0.25, -0.2) is 24.3 Å². The van der Waals surface area contributed by atoms with E-state index >= 15 is 0 Å². The first-order valence-corrected chi connectivity index (χ1v) is 8.34. The van der Waals surface area contributed by atoms with Crippen molar-refractivity contribution in [3.63, 3.8) is 0 Å². The van der Waals surface area contributed by atoms with Crippen molar-refractivity contribution in [3.05, 3.63) is 69.3 Å². The third-order valence-electron chi connectivity index (χ3n) is 4.70. The van der Waals surface area contributed by atoms with Gasteiger partial charge in [-0.15, -0.1) is 0 Å². The van der Waals surface area contributed by atoms with Crippen molar-refractivity contribution in [2.75, 3.05) is 0 Å². The van der Waals surface area contributed by atoms with Gasteiger partial charge in [0.05, 0.1) is 11.3 Å². The topological polar surface area (TPSA) is 122 Å². The van der Waals surface area contributed by atoms with Gasteiger partial charge in [-0.1, -0.05) is 5.46 Å². The second-order valence-corrected chi connectivity index (χ2v) is 6.49. The largest absolute Gasteiger partial charge is 0.325 e. The lowest BCUT2D eigenvalue weighted by Gasteiger charge is -2.07. The van der Waals surface area contributed by atoms with Crippen LogP contribution in [-0.4, -0.2) is 42.4 Å². The van der Waals surface area contributed by atoms with Gasteiger partial charge in [0, 0.05) is 42.5 Å². The van der Waals surface area contributed by atoms with Crippen LogP contribution >= 0.6 is 0 Å². The van der Waals surface area contributed by atoms with Gasteiger partial charge in [0.2, 0.25) is 0 Å². The van der Waals surface area contributed by atoms with Crippen LogP contribution < -0.4 is 16.7 Å². The van der Waals surface area contributed by atoms with E-state index in [2.05, 4.69) is 30.0 Å². The van der Waals surface area contributed by atoms with E-state index in [-0.39, 0.29) is 17.4 Å². The number of aromatic nitrogens is 7. The summed E-state index contributed by atoms with van der Waals surface area (Å²) >= 11 is 0. The average molecular weight is 357 g/mol. The first-order valence-electron chi connectivity index (χ1n) is 8.34. The summed E-state index contributed by atoms with van der Waals surface area (Å²) in [6, 6.07) is 1.84. The lowest BCUT2D eigenvalue weighted by atomic mass is 10.0. The Morgan fingerprint density at radius 3 is 2.74 bits per heavy atom. The zero-order valence-corrected chi connectivity index (χ0v) is 14.0. The minimum absolute atomic E-state index is 0.162. The number of aromatic amines is 2. The maximum Gasteiger partial charge on any atom is 0.325 e. The lowest BCUT2D eigenvalue weighted by molar-refractivity contribution is 0.877. The molecule has 0 aliphatic heterocycles. The number of fused-ring (bicyclic) bond motifs is 1. The summed E-state index contributed by atoms with van der Waals surface area (Å²) in [6.45, 7) is 0. The van der Waals surface area contributed by atoms with Crippen LogP contribution in [0.4, 0.5) is 0 Å². The van der Waals surface area contributed by atoms with Crippen molar-refractivity contribution in [1.82, 2.24) is 34.5 Å². The number of imidazole rings is 1. The zero-order chi connectivity index (χ0) is 18.5. The Labute approximate surface area is 153 Å². The lowest BCUT2D eigenvalue weighted by Crippen LogP contribution is -2.23. The third-order valence-corrected chi connectivity index (χ3v) is 4.70. The second kappa shape index (κ2) is 5.73. The fourth-order valence-corrected chi connectivity index (χ4v) is 3.31. The second-order valence-electron chi connectivity index (χ2n) is 6.49. The molecule has 27 heavy (non-hydrogen) atoms. The first kappa shape index (κ1) is 15.7. The van der Waals surface area contributed by atoms with Gasteiger partial charge in [0.15, 0.2) is 5.65 Å². The molecule has 1 saturated carbocycles. The molecule has 4 aromatic heterocycles. The Morgan fingerprint density at radius 2 is 1.96 bits per heavy atom. The molecule has 0 unspecified atom stereocenters. The summed E-state index contributed by atoms with van der Waals surface area (Å²) < 4.78 is 1.63. The molecule has 5 rings (SSSR count). The Kier molecular flexibility index (Phi) is 3.33. The maximum atomic E-state index is 12.2. The van der Waals surface area contributed by atoms with E-state index in [1.165, 1.54) is 6.20 Å². The molecule has 0 aromatic carbocycles. The Morgan fingerprint density at radius 1 is 1.15 bits per heavy atom. The molecule has 4 aromatic rings. The van der Waals surface area contributed by atoms with E-state index < -0.39 is 11.2 Å². The summed E-state index contributed by atoms with van der Waals surface area (Å²) in [5, 5.41) is 4.44. The number of hydrogen-bond acceptors (Lipinski definition) is 6. The average Bonchev–Trinajstić information content (AvgIpc) is 3.30. The summed E-state index contributed by atoms with van der Waals surface area (Å²) in [7, 11) is 5.66. The van der Waals surface area contributed by atoms with Crippen molar-refractivity contribution in [1.29, 1.82) is 0 Å². The molecule has 0 spiro atoms. The van der Waals surface area contributed by atoms with Gasteiger partial charge < -0.3 is 4.98 Å². The zero-order valence-electron chi connectivity index (χ0n) is 14.0. The summed E-state index contributed by atoms with van der Waals surface area (Å²) in [4.78, 5) is 41.2. The van der Waals surface area contributed by atoms with Crippen LogP contribution in [0, 0.1) is 0 Å². The fraction of sp³-hybridized carbons (Fsp3) is 0.176. The number of nitrogens with one attached hydrogen (secondary N) is 2. The smallest absolute Gasteiger partial charge is 0.313 e. The van der Waals surface area contributed by atoms with E-state index in [1.54, 1.807) is 29.3 Å². The monoisotopic (exact) mass is 357 g/mol. The number of H-pyrrole nitrogens is 2. The van der Waals surface area contributed by atoms with Crippen LogP contribution in [0.3, 0.4) is 0 Å². The first-order chi connectivity index (χ1) is 13.1. The predicted octanol–water partition coefficient (Wildman–Crippen LogP) is -0.372. The SMILES string of the molecule is [B]c1cnc([C@H]2C[C@@H]2c2cc(-c3c[nH]c(=O)[nH]c3=O)nn3ccnc23)nc1. The van der Waals surface area contributed by atoms with E-state index in [9.17, 15) is 9.59 Å². The van der Waals surface area contributed by atoms with Crippen LogP contribution in [0.1, 0.15) is 29.6 Å². The molecule has 4 heterocycles. The van der Waals surface area contributed by atoms with E-state index in [4.69, 9.17) is 7.85 Å². The highest BCUT2D eigenvalue weighted by molar-refractivity contribution is 6.31. The van der Waals surface area contributed by atoms with Gasteiger partial charge >= 0.3 is 5.69 Å². The molecule has 130 valence electrons. The number of rotatable bonds is 3. The normalized spacial score (nSPS) is 18.7. The van der Waals surface area contributed by atoms with Crippen LogP contribution in [-0.2, 0) is 0 Å². The highest BCUT2D eigenvalue weighted by Gasteiger charge is 2.43. The standard InChI is InChI=1S/C17H12BN7O2/c18-8-5-20-14(21-6-8)10-3-9(10)11-4-13(24-25-2-1-19-15(11)25)12-7-22-17(27)23-16(12)26/h1-2,4-7,9-10H,3H2,(H2,22,23,26,27)/t9-,10-/m0/s1. The van der Waals surface area contributed by atoms with E-state index in [1.807, 2.05) is 6.07 Å². The van der Waals surface area contributed by atoms with Crippen molar-refractivity contribution >= 4 is 19.0 Å². The molecular weight excluding hydrogens is 345 g/mol. The molecule has 0 bridgehead atoms. The number of hydrogen-bond donors (Lipinski definition) is 2. The molecule has 0 amide bonds. The van der Waals surface area contributed by atoms with Crippen LogP contribution in [0.5, 0.6) is 0 Å². The van der Waals surface area contributed by atoms with E-state index in [0.717, 1.165) is 23.5 Å². The van der Waals surface area contributed by atoms with Crippen LogP contribution in [0.15, 0.2) is 46.6 Å². The van der Waals surface area contributed by atoms with E-state index in [0.29, 0.717) is 11.2 Å². The quantitative estimate of drug-likeness (QED) is 0.483. The molecule has 2 radical (unpaired) electrons. The Bertz CT molecular complexity index is 1270. The molecular formula is C17H12BN7O2. The van der Waals surface area contributed by atoms with Crippen molar-refractivity contribution < 1.29 is 0 Å². The highest BCUT2D eigenvalue weighted by Crippen LogP contribution is 2.54. The minimum atomic E-state index is -0.560. The van der Waals surface area contributed by atoms with Crippen molar-refractivity contribution in [3.8, 4) is 11.3 Å². The maximum absolute atomic E-state index is 12.2. The molecule has 0 saturated heterocycles. The van der Waals surface area contributed by atoms with Crippen LogP contribution in [0.25, 0.3) is 16.9 Å². The molecule has 1 fully saturated rings. The minimum Gasteiger partial charge on any atom is -0.313 e. The highest BCUT2D eigenvalue weighted by atomic mass is 16.2.